The highest BCUT2D eigenvalue weighted by Crippen LogP contribution is 2.43. The molecule has 230 valence electrons. The van der Waals surface area contributed by atoms with Crippen LogP contribution in [-0.2, 0) is 13.0 Å². The number of aromatic nitrogens is 1. The number of nitrogen functional groups attached to an aromatic ring is 1. The zero-order valence-electron chi connectivity index (χ0n) is 25.2. The second kappa shape index (κ2) is 12.5. The number of nitrogens with two attached hydrogens (primary N) is 1. The minimum atomic E-state index is -0.648. The van der Waals surface area contributed by atoms with E-state index in [4.69, 9.17) is 38.7 Å². The number of amides is 1. The molecule has 44 heavy (non-hydrogen) atoms. The van der Waals surface area contributed by atoms with Crippen LogP contribution in [0.15, 0.2) is 57.7 Å². The Morgan fingerprint density at radius 2 is 1.34 bits per heavy atom. The molecule has 0 aliphatic rings. The van der Waals surface area contributed by atoms with Gasteiger partial charge in [-0.3, -0.25) is 10.2 Å². The lowest BCUT2D eigenvalue weighted by Gasteiger charge is -2.13. The van der Waals surface area contributed by atoms with E-state index >= 15 is 0 Å². The van der Waals surface area contributed by atoms with Gasteiger partial charge in [0.15, 0.2) is 34.5 Å². The summed E-state index contributed by atoms with van der Waals surface area (Å²) in [5.74, 6) is 7.98. The maximum atomic E-state index is 13.8. The molecule has 0 atom stereocenters. The maximum Gasteiger partial charge on any atom is 0.361 e. The first-order valence-corrected chi connectivity index (χ1v) is 13.5. The monoisotopic (exact) mass is 603 g/mol. The lowest BCUT2D eigenvalue weighted by molar-refractivity contribution is 0.0945. The Kier molecular flexibility index (Phi) is 8.54. The number of rotatable bonds is 11. The number of benzene rings is 3. The normalized spacial score (nSPS) is 11.0. The number of fused-ring (bicyclic) bond motifs is 3. The molecular weight excluding hydrogens is 570 g/mol. The van der Waals surface area contributed by atoms with E-state index in [1.165, 1.54) is 28.4 Å². The molecule has 0 spiro atoms. The molecule has 0 aliphatic heterocycles. The third-order valence-electron chi connectivity index (χ3n) is 7.50. The van der Waals surface area contributed by atoms with Crippen molar-refractivity contribution in [3.05, 3.63) is 70.2 Å². The minimum Gasteiger partial charge on any atom is -0.493 e. The van der Waals surface area contributed by atoms with Crippen LogP contribution in [0.4, 0.5) is 0 Å². The number of aryl methyl sites for hydroxylation is 2. The molecule has 0 aliphatic carbocycles. The first-order chi connectivity index (χ1) is 21.3. The Balaban J connectivity index is 1.87. The average Bonchev–Trinajstić information content (AvgIpc) is 3.41. The van der Waals surface area contributed by atoms with E-state index in [1.54, 1.807) is 55.2 Å². The van der Waals surface area contributed by atoms with Gasteiger partial charge >= 0.3 is 5.63 Å². The van der Waals surface area contributed by atoms with Gasteiger partial charge in [-0.2, -0.15) is 0 Å². The number of hydrogen-bond acceptors (Lipinski definition) is 10. The van der Waals surface area contributed by atoms with E-state index in [2.05, 4.69) is 5.43 Å². The highest BCUT2D eigenvalue weighted by atomic mass is 16.5. The van der Waals surface area contributed by atoms with Crippen LogP contribution in [0, 0.1) is 0 Å². The van der Waals surface area contributed by atoms with Gasteiger partial charge < -0.3 is 37.4 Å². The van der Waals surface area contributed by atoms with Gasteiger partial charge in [0, 0.05) is 28.9 Å². The molecule has 0 fully saturated rings. The summed E-state index contributed by atoms with van der Waals surface area (Å²) in [6, 6.07) is 14.1. The van der Waals surface area contributed by atoms with E-state index < -0.39 is 11.5 Å². The summed E-state index contributed by atoms with van der Waals surface area (Å²) in [4.78, 5) is 27.4. The number of nitrogens with one attached hydrogen (secondary N) is 1. The molecule has 0 unspecified atom stereocenters. The summed E-state index contributed by atoms with van der Waals surface area (Å²) in [6.45, 7) is 0.214. The predicted molar refractivity (Wildman–Crippen MR) is 165 cm³/mol. The van der Waals surface area contributed by atoms with Crippen molar-refractivity contribution in [1.29, 1.82) is 0 Å². The van der Waals surface area contributed by atoms with Crippen LogP contribution < -0.4 is 45.3 Å². The number of methoxy groups -OCH3 is 6. The highest BCUT2D eigenvalue weighted by molar-refractivity contribution is 6.18. The van der Waals surface area contributed by atoms with Crippen molar-refractivity contribution in [2.24, 2.45) is 5.84 Å². The molecule has 3 aromatic carbocycles. The second-order valence-electron chi connectivity index (χ2n) is 9.67. The first-order valence-electron chi connectivity index (χ1n) is 13.5. The lowest BCUT2D eigenvalue weighted by atomic mass is 9.98. The Labute approximate surface area is 252 Å². The van der Waals surface area contributed by atoms with Crippen molar-refractivity contribution < 1.29 is 37.6 Å². The van der Waals surface area contributed by atoms with Crippen LogP contribution in [0.25, 0.3) is 33.0 Å². The molecule has 12 nitrogen and oxygen atoms in total. The smallest absolute Gasteiger partial charge is 0.361 e. The predicted octanol–water partition coefficient (Wildman–Crippen LogP) is 4.31. The molecule has 2 heterocycles. The van der Waals surface area contributed by atoms with Gasteiger partial charge in [0.05, 0.1) is 42.7 Å². The summed E-state index contributed by atoms with van der Waals surface area (Å²) in [5, 5.41) is 0.994. The third kappa shape index (κ3) is 5.09. The molecule has 5 rings (SSSR count). The van der Waals surface area contributed by atoms with Crippen LogP contribution >= 0.6 is 0 Å². The lowest BCUT2D eigenvalue weighted by Crippen LogP contribution is -2.32. The molecule has 5 aromatic rings. The van der Waals surface area contributed by atoms with E-state index in [-0.39, 0.29) is 23.3 Å². The SMILES string of the molecule is COc1ccc(CCn2c(C(=O)NN)c(-c3ccc(OC)c(OC)c3)c3c4cc(OC)c(OC)cc4oc(=O)c32)cc1OC. The molecule has 0 radical (unpaired) electrons. The summed E-state index contributed by atoms with van der Waals surface area (Å²) in [6.07, 6.45) is 0.420. The van der Waals surface area contributed by atoms with Crippen molar-refractivity contribution in [3.63, 3.8) is 0 Å². The number of hydrazine groups is 1. The van der Waals surface area contributed by atoms with E-state index in [9.17, 15) is 9.59 Å². The van der Waals surface area contributed by atoms with Crippen molar-refractivity contribution in [2.45, 2.75) is 13.0 Å². The maximum absolute atomic E-state index is 13.8. The van der Waals surface area contributed by atoms with Gasteiger partial charge in [-0.1, -0.05) is 12.1 Å². The van der Waals surface area contributed by atoms with E-state index in [0.29, 0.717) is 62.8 Å². The Morgan fingerprint density at radius 1 is 0.773 bits per heavy atom. The van der Waals surface area contributed by atoms with Gasteiger partial charge in [0.25, 0.3) is 5.91 Å². The fraction of sp³-hybridized carbons (Fsp3) is 0.250. The highest BCUT2D eigenvalue weighted by Gasteiger charge is 2.29. The fourth-order valence-corrected chi connectivity index (χ4v) is 5.46. The Bertz CT molecular complexity index is 1930. The molecule has 0 saturated carbocycles. The van der Waals surface area contributed by atoms with E-state index in [0.717, 1.165) is 5.56 Å². The van der Waals surface area contributed by atoms with Crippen LogP contribution in [0.2, 0.25) is 0 Å². The van der Waals surface area contributed by atoms with E-state index in [1.807, 2.05) is 12.1 Å². The average molecular weight is 604 g/mol. The van der Waals surface area contributed by atoms with Crippen molar-refractivity contribution >= 4 is 27.8 Å². The third-order valence-corrected chi connectivity index (χ3v) is 7.50. The van der Waals surface area contributed by atoms with Gasteiger partial charge in [-0.25, -0.2) is 10.6 Å². The number of nitrogens with zero attached hydrogens (tertiary/aromatic N) is 1. The van der Waals surface area contributed by atoms with Gasteiger partial charge in [0.1, 0.15) is 16.8 Å². The largest absolute Gasteiger partial charge is 0.493 e. The van der Waals surface area contributed by atoms with Gasteiger partial charge in [-0.05, 0) is 47.9 Å². The quantitative estimate of drug-likeness (QED) is 0.0969. The van der Waals surface area contributed by atoms with Crippen LogP contribution in [-0.4, -0.2) is 53.1 Å². The zero-order chi connectivity index (χ0) is 31.5. The fourth-order valence-electron chi connectivity index (χ4n) is 5.46. The summed E-state index contributed by atoms with van der Waals surface area (Å²) in [5.41, 5.74) is 4.10. The number of carbonyl (C=O) groups is 1. The number of ether oxygens (including phenoxy) is 6. The number of hydrogen-bond donors (Lipinski definition) is 2. The first kappa shape index (κ1) is 30.1. The van der Waals surface area contributed by atoms with Crippen molar-refractivity contribution in [2.75, 3.05) is 42.7 Å². The standard InChI is InChI=1S/C32H33N3O9/c1-38-20-9-7-17(13-23(20)40-3)11-12-35-29(31(36)34-33)27(18-8-10-21(39-2)24(14-18)41-4)28-19-15-25(42-5)26(43-6)16-22(19)44-32(37)30(28)35/h7-10,13-16H,11-12,33H2,1-6H3,(H,34,36). The molecule has 2 aromatic heterocycles. The second-order valence-corrected chi connectivity index (χ2v) is 9.67. The molecule has 1 amide bonds. The molecule has 0 bridgehead atoms. The van der Waals surface area contributed by atoms with Gasteiger partial charge in [-0.15, -0.1) is 0 Å². The molecular formula is C32H33N3O9. The molecule has 12 heteroatoms. The van der Waals surface area contributed by atoms with Crippen LogP contribution in [0.1, 0.15) is 16.1 Å². The zero-order valence-corrected chi connectivity index (χ0v) is 25.2. The summed E-state index contributed by atoms with van der Waals surface area (Å²) < 4.78 is 40.3. The van der Waals surface area contributed by atoms with Crippen LogP contribution in [0.3, 0.4) is 0 Å². The van der Waals surface area contributed by atoms with Crippen LogP contribution in [0.5, 0.6) is 34.5 Å². The Morgan fingerprint density at radius 3 is 1.95 bits per heavy atom. The number of carbonyl (C=O) groups excluding carboxylic acids is 1. The summed E-state index contributed by atoms with van der Waals surface area (Å²) in [7, 11) is 9.16. The topological polar surface area (TPSA) is 146 Å². The van der Waals surface area contributed by atoms with Crippen molar-refractivity contribution in [1.82, 2.24) is 9.99 Å². The van der Waals surface area contributed by atoms with Gasteiger partial charge in [0.2, 0.25) is 0 Å². The molecule has 0 saturated heterocycles. The van der Waals surface area contributed by atoms with Crippen molar-refractivity contribution in [3.8, 4) is 45.6 Å². The Hall–Kier alpha value is -5.36. The molecule has 3 N–H and O–H groups in total. The minimum absolute atomic E-state index is 0.157. The summed E-state index contributed by atoms with van der Waals surface area (Å²) >= 11 is 0.